The minimum absolute atomic E-state index is 0.0435. The molecule has 0 amide bonds. The summed E-state index contributed by atoms with van der Waals surface area (Å²) >= 11 is 3.05. The molecule has 20 heavy (non-hydrogen) atoms. The van der Waals surface area contributed by atoms with Crippen LogP contribution in [0.5, 0.6) is 0 Å². The number of rotatable bonds is 4. The van der Waals surface area contributed by atoms with Gasteiger partial charge in [-0.1, -0.05) is 28.1 Å². The van der Waals surface area contributed by atoms with E-state index in [1.54, 1.807) is 0 Å². The van der Waals surface area contributed by atoms with Crippen LogP contribution in [0.15, 0.2) is 51.8 Å². The molecule has 0 aliphatic rings. The van der Waals surface area contributed by atoms with Gasteiger partial charge in [0.1, 0.15) is 16.5 Å². The number of benzene rings is 2. The Morgan fingerprint density at radius 1 is 1.05 bits per heavy atom. The Morgan fingerprint density at radius 3 is 2.30 bits per heavy atom. The van der Waals surface area contributed by atoms with Crippen molar-refractivity contribution < 1.29 is 17.2 Å². The van der Waals surface area contributed by atoms with Gasteiger partial charge in [-0.25, -0.2) is 21.9 Å². The van der Waals surface area contributed by atoms with Crippen LogP contribution in [0.3, 0.4) is 0 Å². The summed E-state index contributed by atoms with van der Waals surface area (Å²) in [6.07, 6.45) is 0. The van der Waals surface area contributed by atoms with Crippen LogP contribution < -0.4 is 4.72 Å². The Labute approximate surface area is 123 Å². The van der Waals surface area contributed by atoms with E-state index < -0.39 is 26.6 Å². The summed E-state index contributed by atoms with van der Waals surface area (Å²) in [5.41, 5.74) is 0.576. The molecule has 0 unspecified atom stereocenters. The van der Waals surface area contributed by atoms with Gasteiger partial charge in [0.2, 0.25) is 10.0 Å². The van der Waals surface area contributed by atoms with Crippen molar-refractivity contribution in [2.24, 2.45) is 0 Å². The molecule has 1 N–H and O–H groups in total. The first-order valence-corrected chi connectivity index (χ1v) is 7.85. The van der Waals surface area contributed by atoms with Crippen molar-refractivity contribution in [3.63, 3.8) is 0 Å². The number of hydrogen-bond acceptors (Lipinski definition) is 2. The van der Waals surface area contributed by atoms with Crippen molar-refractivity contribution >= 4 is 26.0 Å². The Hall–Kier alpha value is -1.31. The zero-order valence-corrected chi connectivity index (χ0v) is 12.5. The number of hydrogen-bond donors (Lipinski definition) is 1. The van der Waals surface area contributed by atoms with Gasteiger partial charge in [0, 0.05) is 11.0 Å². The lowest BCUT2D eigenvalue weighted by Crippen LogP contribution is -2.24. The quantitative estimate of drug-likeness (QED) is 0.908. The number of halogens is 3. The molecule has 0 aliphatic heterocycles. The largest absolute Gasteiger partial charge is 0.243 e. The second-order valence-corrected chi connectivity index (χ2v) is 6.68. The first-order valence-electron chi connectivity index (χ1n) is 5.58. The SMILES string of the molecule is O=S(=O)(NCc1ccc(F)cc1)c1ccc(Br)cc1F. The number of sulfonamides is 1. The van der Waals surface area contributed by atoms with Crippen molar-refractivity contribution in [2.75, 3.05) is 0 Å². The van der Waals surface area contributed by atoms with Crippen LogP contribution in [0.25, 0.3) is 0 Å². The van der Waals surface area contributed by atoms with Crippen molar-refractivity contribution in [1.82, 2.24) is 4.72 Å². The fourth-order valence-corrected chi connectivity index (χ4v) is 2.96. The van der Waals surface area contributed by atoms with E-state index in [0.717, 1.165) is 6.07 Å². The third-order valence-electron chi connectivity index (χ3n) is 2.56. The molecule has 7 heteroatoms. The molecular formula is C13H10BrF2NO2S. The topological polar surface area (TPSA) is 46.2 Å². The highest BCUT2D eigenvalue weighted by Gasteiger charge is 2.18. The molecule has 106 valence electrons. The van der Waals surface area contributed by atoms with Gasteiger partial charge < -0.3 is 0 Å². The van der Waals surface area contributed by atoms with Crippen molar-refractivity contribution in [3.05, 3.63) is 64.1 Å². The van der Waals surface area contributed by atoms with Gasteiger partial charge in [0.25, 0.3) is 0 Å². The third kappa shape index (κ3) is 3.62. The van der Waals surface area contributed by atoms with E-state index in [4.69, 9.17) is 0 Å². The summed E-state index contributed by atoms with van der Waals surface area (Å²) in [4.78, 5) is -0.428. The predicted molar refractivity (Wildman–Crippen MR) is 74.5 cm³/mol. The summed E-state index contributed by atoms with van der Waals surface area (Å²) < 4.78 is 53.0. The first-order chi connectivity index (χ1) is 9.38. The molecule has 0 saturated carbocycles. The van der Waals surface area contributed by atoms with Crippen LogP contribution >= 0.6 is 15.9 Å². The fraction of sp³-hybridized carbons (Fsp3) is 0.0769. The first kappa shape index (κ1) is 15.1. The maximum Gasteiger partial charge on any atom is 0.243 e. The maximum absolute atomic E-state index is 13.6. The molecule has 0 aliphatic carbocycles. The van der Waals surface area contributed by atoms with E-state index in [1.165, 1.54) is 36.4 Å². The molecule has 2 aromatic carbocycles. The van der Waals surface area contributed by atoms with E-state index in [-0.39, 0.29) is 6.54 Å². The normalized spacial score (nSPS) is 11.6. The highest BCUT2D eigenvalue weighted by atomic mass is 79.9. The Kier molecular flexibility index (Phi) is 4.52. The average molecular weight is 362 g/mol. The van der Waals surface area contributed by atoms with Crippen molar-refractivity contribution in [1.29, 1.82) is 0 Å². The van der Waals surface area contributed by atoms with Crippen LogP contribution in [0.4, 0.5) is 8.78 Å². The molecule has 2 rings (SSSR count). The van der Waals surface area contributed by atoms with E-state index in [1.807, 2.05) is 0 Å². The van der Waals surface area contributed by atoms with E-state index >= 15 is 0 Å². The lowest BCUT2D eigenvalue weighted by Gasteiger charge is -2.08. The van der Waals surface area contributed by atoms with Crippen molar-refractivity contribution in [2.45, 2.75) is 11.4 Å². The molecular weight excluding hydrogens is 352 g/mol. The maximum atomic E-state index is 13.6. The molecule has 0 fully saturated rings. The van der Waals surface area contributed by atoms with Crippen LogP contribution in [0, 0.1) is 11.6 Å². The van der Waals surface area contributed by atoms with E-state index in [9.17, 15) is 17.2 Å². The molecule has 0 bridgehead atoms. The predicted octanol–water partition coefficient (Wildman–Crippen LogP) is 3.21. The smallest absolute Gasteiger partial charge is 0.207 e. The van der Waals surface area contributed by atoms with Gasteiger partial charge in [-0.15, -0.1) is 0 Å². The van der Waals surface area contributed by atoms with Crippen LogP contribution in [0.2, 0.25) is 0 Å². The van der Waals surface area contributed by atoms with Gasteiger partial charge >= 0.3 is 0 Å². The number of nitrogens with one attached hydrogen (secondary N) is 1. The standard InChI is InChI=1S/C13H10BrF2NO2S/c14-10-3-6-13(12(16)7-10)20(18,19)17-8-9-1-4-11(15)5-2-9/h1-7,17H,8H2. The average Bonchev–Trinajstić information content (AvgIpc) is 2.37. The summed E-state index contributed by atoms with van der Waals surface area (Å²) in [5.74, 6) is -1.25. The summed E-state index contributed by atoms with van der Waals surface area (Å²) in [5, 5.41) is 0. The zero-order valence-electron chi connectivity index (χ0n) is 10.1. The van der Waals surface area contributed by atoms with Crippen LogP contribution in [-0.2, 0) is 16.6 Å². The van der Waals surface area contributed by atoms with Crippen LogP contribution in [-0.4, -0.2) is 8.42 Å². The highest BCUT2D eigenvalue weighted by molar-refractivity contribution is 9.10. The summed E-state index contributed by atoms with van der Waals surface area (Å²) in [6.45, 7) is -0.0435. The van der Waals surface area contributed by atoms with Crippen LogP contribution in [0.1, 0.15) is 5.56 Å². The monoisotopic (exact) mass is 361 g/mol. The molecule has 0 radical (unpaired) electrons. The van der Waals surface area contributed by atoms with Gasteiger partial charge in [-0.3, -0.25) is 0 Å². The second-order valence-electron chi connectivity index (χ2n) is 4.03. The van der Waals surface area contributed by atoms with E-state index in [0.29, 0.717) is 10.0 Å². The molecule has 0 saturated heterocycles. The molecule has 0 heterocycles. The molecule has 2 aromatic rings. The van der Waals surface area contributed by atoms with Gasteiger partial charge in [-0.05, 0) is 35.9 Å². The van der Waals surface area contributed by atoms with Gasteiger partial charge in [0.15, 0.2) is 0 Å². The minimum atomic E-state index is -3.96. The molecule has 0 spiro atoms. The zero-order chi connectivity index (χ0) is 14.8. The minimum Gasteiger partial charge on any atom is -0.207 e. The summed E-state index contributed by atoms with van der Waals surface area (Å²) in [7, 11) is -3.96. The lowest BCUT2D eigenvalue weighted by atomic mass is 10.2. The Morgan fingerprint density at radius 2 is 1.70 bits per heavy atom. The lowest BCUT2D eigenvalue weighted by molar-refractivity contribution is 0.556. The Balaban J connectivity index is 2.17. The molecule has 0 aromatic heterocycles. The highest BCUT2D eigenvalue weighted by Crippen LogP contribution is 2.19. The molecule has 3 nitrogen and oxygen atoms in total. The molecule has 0 atom stereocenters. The Bertz CT molecular complexity index is 718. The second kappa shape index (κ2) is 5.99. The summed E-state index contributed by atoms with van der Waals surface area (Å²) in [6, 6.07) is 9.05. The van der Waals surface area contributed by atoms with Gasteiger partial charge in [0.05, 0.1) is 0 Å². The fourth-order valence-electron chi connectivity index (χ4n) is 1.55. The van der Waals surface area contributed by atoms with E-state index in [2.05, 4.69) is 20.7 Å². The third-order valence-corrected chi connectivity index (χ3v) is 4.49. The van der Waals surface area contributed by atoms with Crippen molar-refractivity contribution in [3.8, 4) is 0 Å². The van der Waals surface area contributed by atoms with Gasteiger partial charge in [-0.2, -0.15) is 0 Å².